The molecule has 1 aromatic rings. The van der Waals surface area contributed by atoms with Gasteiger partial charge in [0, 0.05) is 11.8 Å². The van der Waals surface area contributed by atoms with Crippen molar-refractivity contribution in [2.24, 2.45) is 0 Å². The Morgan fingerprint density at radius 2 is 2.00 bits per heavy atom. The Morgan fingerprint density at radius 1 is 1.42 bits per heavy atom. The third-order valence-corrected chi connectivity index (χ3v) is 3.85. The first-order valence-corrected chi connectivity index (χ1v) is 6.60. The molecule has 0 aliphatic heterocycles. The van der Waals surface area contributed by atoms with Crippen LogP contribution in [0.4, 0.5) is 11.4 Å². The van der Waals surface area contributed by atoms with E-state index in [2.05, 4.69) is 5.32 Å². The minimum atomic E-state index is -0.502. The highest BCUT2D eigenvalue weighted by molar-refractivity contribution is 6.33. The molecule has 0 radical (unpaired) electrons. The van der Waals surface area contributed by atoms with Crippen LogP contribution in [-0.2, 0) is 0 Å². The summed E-state index contributed by atoms with van der Waals surface area (Å²) >= 11 is 5.91. The minimum Gasteiger partial charge on any atom is -0.394 e. The van der Waals surface area contributed by atoms with Crippen molar-refractivity contribution in [2.75, 3.05) is 11.9 Å². The number of hydrogen-bond acceptors (Lipinski definition) is 4. The highest BCUT2D eigenvalue weighted by Gasteiger charge is 2.26. The molecule has 0 aliphatic carbocycles. The zero-order chi connectivity index (χ0) is 14.6. The van der Waals surface area contributed by atoms with Crippen LogP contribution in [0, 0.1) is 17.0 Å². The molecule has 0 aromatic heterocycles. The first-order chi connectivity index (χ1) is 8.89. The van der Waals surface area contributed by atoms with Gasteiger partial charge >= 0.3 is 0 Å². The number of aliphatic hydroxyl groups excluding tert-OH is 1. The molecule has 6 heteroatoms. The summed E-state index contributed by atoms with van der Waals surface area (Å²) in [4.78, 5) is 10.3. The second-order valence-electron chi connectivity index (χ2n) is 4.65. The smallest absolute Gasteiger partial charge is 0.288 e. The van der Waals surface area contributed by atoms with Gasteiger partial charge in [0.15, 0.2) is 0 Å². The van der Waals surface area contributed by atoms with E-state index < -0.39 is 10.5 Å². The summed E-state index contributed by atoms with van der Waals surface area (Å²) in [6.07, 6.45) is 1.49. The van der Waals surface area contributed by atoms with Crippen LogP contribution in [0.1, 0.15) is 32.3 Å². The van der Waals surface area contributed by atoms with Crippen LogP contribution in [0.15, 0.2) is 12.1 Å². The summed E-state index contributed by atoms with van der Waals surface area (Å²) in [5.41, 5.74) is 0.918. The fourth-order valence-electron chi connectivity index (χ4n) is 1.92. The maximum absolute atomic E-state index is 10.8. The number of anilines is 1. The summed E-state index contributed by atoms with van der Waals surface area (Å²) < 4.78 is 0. The number of benzene rings is 1. The predicted octanol–water partition coefficient (Wildman–Crippen LogP) is 3.52. The Balaban J connectivity index is 3.16. The first-order valence-electron chi connectivity index (χ1n) is 6.22. The third-order valence-electron chi connectivity index (χ3n) is 3.55. The van der Waals surface area contributed by atoms with Gasteiger partial charge in [0.2, 0.25) is 0 Å². The van der Waals surface area contributed by atoms with Crippen molar-refractivity contribution in [3.8, 4) is 0 Å². The summed E-state index contributed by atoms with van der Waals surface area (Å²) in [7, 11) is 0. The van der Waals surface area contributed by atoms with Crippen molar-refractivity contribution in [1.82, 2.24) is 0 Å². The van der Waals surface area contributed by atoms with Crippen molar-refractivity contribution in [3.63, 3.8) is 0 Å². The van der Waals surface area contributed by atoms with E-state index in [1.807, 2.05) is 13.8 Å². The largest absolute Gasteiger partial charge is 0.394 e. The Labute approximate surface area is 117 Å². The SMILES string of the molecule is CCC(CC)(CO)Nc1cc(Cl)c([N+](=O)[O-])cc1C. The minimum absolute atomic E-state index is 0.00591. The van der Waals surface area contributed by atoms with Crippen LogP contribution >= 0.6 is 11.6 Å². The van der Waals surface area contributed by atoms with Gasteiger partial charge in [-0.1, -0.05) is 25.4 Å². The van der Waals surface area contributed by atoms with Crippen molar-refractivity contribution in [2.45, 2.75) is 39.2 Å². The molecule has 19 heavy (non-hydrogen) atoms. The van der Waals surface area contributed by atoms with Crippen molar-refractivity contribution < 1.29 is 10.0 Å². The first kappa shape index (κ1) is 15.7. The fourth-order valence-corrected chi connectivity index (χ4v) is 2.15. The molecule has 0 fully saturated rings. The van der Waals surface area contributed by atoms with Crippen LogP contribution in [0.5, 0.6) is 0 Å². The van der Waals surface area contributed by atoms with Gasteiger partial charge in [-0.3, -0.25) is 10.1 Å². The monoisotopic (exact) mass is 286 g/mol. The van der Waals surface area contributed by atoms with Crippen LogP contribution in [0.25, 0.3) is 0 Å². The van der Waals surface area contributed by atoms with E-state index in [1.54, 1.807) is 13.0 Å². The second-order valence-corrected chi connectivity index (χ2v) is 5.05. The lowest BCUT2D eigenvalue weighted by molar-refractivity contribution is -0.384. The van der Waals surface area contributed by atoms with Crippen LogP contribution < -0.4 is 5.32 Å². The van der Waals surface area contributed by atoms with E-state index >= 15 is 0 Å². The summed E-state index contributed by atoms with van der Waals surface area (Å²) in [6, 6.07) is 2.99. The standard InChI is InChI=1S/C13H19ClN2O3/c1-4-13(5-2,8-17)15-11-7-10(14)12(16(18)19)6-9(11)3/h6-7,15,17H,4-5,8H2,1-3H3. The van der Waals surface area contributed by atoms with E-state index in [-0.39, 0.29) is 17.3 Å². The number of aryl methyl sites for hydroxylation is 1. The highest BCUT2D eigenvalue weighted by atomic mass is 35.5. The van der Waals surface area contributed by atoms with Crippen LogP contribution in [0.2, 0.25) is 5.02 Å². The van der Waals surface area contributed by atoms with Crippen molar-refractivity contribution >= 4 is 23.0 Å². The molecule has 0 unspecified atom stereocenters. The van der Waals surface area contributed by atoms with Gasteiger partial charge in [-0.15, -0.1) is 0 Å². The van der Waals surface area contributed by atoms with Gasteiger partial charge in [0.1, 0.15) is 5.02 Å². The third kappa shape index (κ3) is 3.36. The van der Waals surface area contributed by atoms with Crippen molar-refractivity contribution in [3.05, 3.63) is 32.8 Å². The molecular formula is C13H19ClN2O3. The number of aliphatic hydroxyl groups is 1. The topological polar surface area (TPSA) is 75.4 Å². The molecule has 1 rings (SSSR count). The molecule has 5 nitrogen and oxygen atoms in total. The average molecular weight is 287 g/mol. The number of hydrogen-bond donors (Lipinski definition) is 2. The van der Waals surface area contributed by atoms with Gasteiger partial charge in [0.25, 0.3) is 5.69 Å². The molecule has 0 atom stereocenters. The van der Waals surface area contributed by atoms with E-state index in [0.29, 0.717) is 5.69 Å². The Bertz CT molecular complexity index is 465. The normalized spacial score (nSPS) is 11.4. The number of halogens is 1. The number of nitrogens with zero attached hydrogens (tertiary/aromatic N) is 1. The Hall–Kier alpha value is -1.33. The quantitative estimate of drug-likeness (QED) is 0.620. The maximum atomic E-state index is 10.8. The molecular weight excluding hydrogens is 268 g/mol. The summed E-state index contributed by atoms with van der Waals surface area (Å²) in [6.45, 7) is 5.73. The molecule has 0 saturated carbocycles. The van der Waals surface area contributed by atoms with E-state index in [4.69, 9.17) is 11.6 Å². The van der Waals surface area contributed by atoms with E-state index in [9.17, 15) is 15.2 Å². The molecule has 1 aromatic carbocycles. The maximum Gasteiger partial charge on any atom is 0.288 e. The number of nitro benzene ring substituents is 1. The van der Waals surface area contributed by atoms with Crippen LogP contribution in [0.3, 0.4) is 0 Å². The predicted molar refractivity (Wildman–Crippen MR) is 76.9 cm³/mol. The molecule has 106 valence electrons. The number of nitro groups is 1. The second kappa shape index (κ2) is 6.21. The molecule has 2 N–H and O–H groups in total. The van der Waals surface area contributed by atoms with E-state index in [0.717, 1.165) is 18.4 Å². The molecule has 0 amide bonds. The molecule has 0 heterocycles. The fraction of sp³-hybridized carbons (Fsp3) is 0.538. The van der Waals surface area contributed by atoms with Gasteiger partial charge < -0.3 is 10.4 Å². The Morgan fingerprint density at radius 3 is 2.42 bits per heavy atom. The van der Waals surface area contributed by atoms with Gasteiger partial charge in [-0.25, -0.2) is 0 Å². The molecule has 0 bridgehead atoms. The lowest BCUT2D eigenvalue weighted by atomic mass is 9.93. The molecule has 0 saturated heterocycles. The zero-order valence-electron chi connectivity index (χ0n) is 11.4. The number of rotatable bonds is 6. The lowest BCUT2D eigenvalue weighted by Crippen LogP contribution is -2.41. The van der Waals surface area contributed by atoms with Crippen molar-refractivity contribution in [1.29, 1.82) is 0 Å². The van der Waals surface area contributed by atoms with Gasteiger partial charge in [0.05, 0.1) is 17.1 Å². The Kier molecular flexibility index (Phi) is 5.14. The average Bonchev–Trinajstić information content (AvgIpc) is 2.39. The highest BCUT2D eigenvalue weighted by Crippen LogP contribution is 2.33. The molecule has 0 spiro atoms. The summed E-state index contributed by atoms with van der Waals surface area (Å²) in [5, 5.41) is 23.7. The summed E-state index contributed by atoms with van der Waals surface area (Å²) in [5.74, 6) is 0. The van der Waals surface area contributed by atoms with Gasteiger partial charge in [-0.2, -0.15) is 0 Å². The van der Waals surface area contributed by atoms with Gasteiger partial charge in [-0.05, 0) is 31.4 Å². The number of nitrogens with one attached hydrogen (secondary N) is 1. The zero-order valence-corrected chi connectivity index (χ0v) is 12.1. The van der Waals surface area contributed by atoms with E-state index in [1.165, 1.54) is 6.07 Å². The van der Waals surface area contributed by atoms with Crippen LogP contribution in [-0.4, -0.2) is 22.2 Å². The lowest BCUT2D eigenvalue weighted by Gasteiger charge is -2.32. The molecule has 0 aliphatic rings.